The van der Waals surface area contributed by atoms with Gasteiger partial charge in [0.15, 0.2) is 0 Å². The normalized spacial score (nSPS) is 17.7. The summed E-state index contributed by atoms with van der Waals surface area (Å²) in [7, 11) is 3.02. The number of nitrogens with one attached hydrogen (secondary N) is 1. The number of amides is 1. The molecule has 6 heteroatoms. The minimum atomic E-state index is -0.565. The average Bonchev–Trinajstić information content (AvgIpc) is 2.52. The van der Waals surface area contributed by atoms with Crippen molar-refractivity contribution in [3.8, 4) is 0 Å². The molecule has 24 heavy (non-hydrogen) atoms. The molecule has 1 atom stereocenters. The number of carbonyl (C=O) groups excluding carboxylic acids is 2. The number of hydrogen-bond donors (Lipinski definition) is 1. The highest BCUT2D eigenvalue weighted by molar-refractivity contribution is 5.72. The maximum absolute atomic E-state index is 12.3. The molecule has 1 N–H and O–H groups in total. The molecule has 0 saturated carbocycles. The Morgan fingerprint density at radius 2 is 2.04 bits per heavy atom. The zero-order valence-corrected chi connectivity index (χ0v) is 15.4. The summed E-state index contributed by atoms with van der Waals surface area (Å²) in [4.78, 5) is 25.0. The first-order valence-corrected chi connectivity index (χ1v) is 8.07. The summed E-state index contributed by atoms with van der Waals surface area (Å²) in [5.74, 6) is -0.313. The SMILES string of the molecule is CCC1C=CC(N(C)C(=O)OC(C)(C)C)=C(/C=C/CC(=O)OC)N1. The van der Waals surface area contributed by atoms with Gasteiger partial charge in [0.1, 0.15) is 5.60 Å². The van der Waals surface area contributed by atoms with Crippen molar-refractivity contribution in [1.82, 2.24) is 10.2 Å². The largest absolute Gasteiger partial charge is 0.469 e. The fourth-order valence-electron chi connectivity index (χ4n) is 2.07. The van der Waals surface area contributed by atoms with Crippen molar-refractivity contribution < 1.29 is 19.1 Å². The molecule has 0 fully saturated rings. The maximum Gasteiger partial charge on any atom is 0.414 e. The fraction of sp³-hybridized carbons (Fsp3) is 0.556. The molecule has 6 nitrogen and oxygen atoms in total. The van der Waals surface area contributed by atoms with Gasteiger partial charge >= 0.3 is 12.1 Å². The van der Waals surface area contributed by atoms with E-state index in [-0.39, 0.29) is 18.4 Å². The molecule has 1 amide bonds. The molecule has 134 valence electrons. The van der Waals surface area contributed by atoms with Gasteiger partial charge in [0.05, 0.1) is 24.9 Å². The van der Waals surface area contributed by atoms with E-state index in [9.17, 15) is 9.59 Å². The highest BCUT2D eigenvalue weighted by atomic mass is 16.6. The van der Waals surface area contributed by atoms with Gasteiger partial charge < -0.3 is 14.8 Å². The maximum atomic E-state index is 12.3. The summed E-state index contributed by atoms with van der Waals surface area (Å²) in [6, 6.07) is 0.179. The third-order valence-corrected chi connectivity index (χ3v) is 3.37. The Bertz CT molecular complexity index is 556. The van der Waals surface area contributed by atoms with Crippen molar-refractivity contribution in [2.75, 3.05) is 14.2 Å². The van der Waals surface area contributed by atoms with Crippen LogP contribution in [-0.4, -0.2) is 42.8 Å². The van der Waals surface area contributed by atoms with Gasteiger partial charge in [0.25, 0.3) is 0 Å². The van der Waals surface area contributed by atoms with Crippen LogP contribution in [0, 0.1) is 0 Å². The van der Waals surface area contributed by atoms with E-state index in [2.05, 4.69) is 17.0 Å². The van der Waals surface area contributed by atoms with E-state index in [1.165, 1.54) is 12.0 Å². The van der Waals surface area contributed by atoms with E-state index in [0.29, 0.717) is 5.70 Å². The van der Waals surface area contributed by atoms with Crippen molar-refractivity contribution in [2.24, 2.45) is 0 Å². The van der Waals surface area contributed by atoms with Crippen LogP contribution in [0.25, 0.3) is 0 Å². The van der Waals surface area contributed by atoms with Crippen LogP contribution < -0.4 is 5.32 Å². The quantitative estimate of drug-likeness (QED) is 0.781. The Hall–Kier alpha value is -2.24. The molecule has 0 aliphatic carbocycles. The van der Waals surface area contributed by atoms with Crippen LogP contribution in [0.5, 0.6) is 0 Å². The molecule has 0 aromatic rings. The molecule has 1 rings (SSSR count). The van der Waals surface area contributed by atoms with Crippen LogP contribution in [0.3, 0.4) is 0 Å². The van der Waals surface area contributed by atoms with Gasteiger partial charge in [0.2, 0.25) is 0 Å². The van der Waals surface area contributed by atoms with E-state index in [1.54, 1.807) is 19.2 Å². The first-order valence-electron chi connectivity index (χ1n) is 8.07. The number of esters is 1. The van der Waals surface area contributed by atoms with Gasteiger partial charge in [0, 0.05) is 13.1 Å². The predicted octanol–water partition coefficient (Wildman–Crippen LogP) is 3.12. The molecule has 0 saturated heterocycles. The average molecular weight is 336 g/mol. The summed E-state index contributed by atoms with van der Waals surface area (Å²) >= 11 is 0. The van der Waals surface area contributed by atoms with Gasteiger partial charge in [-0.15, -0.1) is 0 Å². The van der Waals surface area contributed by atoms with Crippen molar-refractivity contribution in [3.05, 3.63) is 35.7 Å². The lowest BCUT2D eigenvalue weighted by Crippen LogP contribution is -2.37. The minimum Gasteiger partial charge on any atom is -0.469 e. The first kappa shape index (κ1) is 19.8. The number of dihydropyridines is 1. The Morgan fingerprint density at radius 3 is 2.58 bits per heavy atom. The van der Waals surface area contributed by atoms with Gasteiger partial charge in [-0.25, -0.2) is 4.79 Å². The molecule has 0 aromatic heterocycles. The number of likely N-dealkylation sites (N-methyl/N-ethyl adjacent to an activating group) is 1. The number of carbonyl (C=O) groups is 2. The van der Waals surface area contributed by atoms with Gasteiger partial charge in [-0.3, -0.25) is 9.69 Å². The van der Waals surface area contributed by atoms with E-state index in [0.717, 1.165) is 12.1 Å². The van der Waals surface area contributed by atoms with Crippen LogP contribution in [0.2, 0.25) is 0 Å². The Kier molecular flexibility index (Phi) is 7.07. The van der Waals surface area contributed by atoms with Crippen LogP contribution in [0.4, 0.5) is 4.79 Å². The number of methoxy groups -OCH3 is 1. The molecule has 1 aliphatic rings. The molecule has 1 heterocycles. The van der Waals surface area contributed by atoms with Crippen molar-refractivity contribution in [3.63, 3.8) is 0 Å². The van der Waals surface area contributed by atoms with E-state index in [1.807, 2.05) is 32.9 Å². The molecular formula is C18H28N2O4. The molecular weight excluding hydrogens is 308 g/mol. The lowest BCUT2D eigenvalue weighted by molar-refractivity contribution is -0.139. The van der Waals surface area contributed by atoms with Gasteiger partial charge in [-0.2, -0.15) is 0 Å². The van der Waals surface area contributed by atoms with Gasteiger partial charge in [-0.05, 0) is 39.3 Å². The summed E-state index contributed by atoms with van der Waals surface area (Å²) in [6.45, 7) is 7.55. The lowest BCUT2D eigenvalue weighted by Gasteiger charge is -2.29. The Balaban J connectivity index is 3.00. The number of allylic oxidation sites excluding steroid dienone is 2. The molecule has 1 unspecified atom stereocenters. The number of hydrogen-bond acceptors (Lipinski definition) is 5. The summed E-state index contributed by atoms with van der Waals surface area (Å²) < 4.78 is 10.0. The first-order chi connectivity index (χ1) is 11.2. The minimum absolute atomic E-state index is 0.172. The molecule has 0 aromatic carbocycles. The zero-order valence-electron chi connectivity index (χ0n) is 15.4. The number of nitrogens with zero attached hydrogens (tertiary/aromatic N) is 1. The highest BCUT2D eigenvalue weighted by Gasteiger charge is 2.24. The van der Waals surface area contributed by atoms with Crippen LogP contribution in [0.15, 0.2) is 35.7 Å². The third-order valence-electron chi connectivity index (χ3n) is 3.37. The molecule has 0 radical (unpaired) electrons. The predicted molar refractivity (Wildman–Crippen MR) is 93.2 cm³/mol. The molecule has 1 aliphatic heterocycles. The fourth-order valence-corrected chi connectivity index (χ4v) is 2.07. The van der Waals surface area contributed by atoms with E-state index >= 15 is 0 Å². The smallest absolute Gasteiger partial charge is 0.414 e. The second-order valence-corrected chi connectivity index (χ2v) is 6.54. The second kappa shape index (κ2) is 8.57. The van der Waals surface area contributed by atoms with Gasteiger partial charge in [-0.1, -0.05) is 19.1 Å². The molecule has 0 bridgehead atoms. The van der Waals surface area contributed by atoms with Crippen molar-refractivity contribution in [2.45, 2.75) is 52.2 Å². The number of rotatable bonds is 5. The zero-order chi connectivity index (χ0) is 18.3. The van der Waals surface area contributed by atoms with E-state index in [4.69, 9.17) is 4.74 Å². The van der Waals surface area contributed by atoms with Crippen molar-refractivity contribution >= 4 is 12.1 Å². The Morgan fingerprint density at radius 1 is 1.38 bits per heavy atom. The summed E-state index contributed by atoms with van der Waals surface area (Å²) in [5, 5.41) is 3.35. The highest BCUT2D eigenvalue weighted by Crippen LogP contribution is 2.20. The topological polar surface area (TPSA) is 67.9 Å². The summed E-state index contributed by atoms with van der Waals surface area (Å²) in [5.41, 5.74) is 0.890. The van der Waals surface area contributed by atoms with Crippen LogP contribution in [0.1, 0.15) is 40.5 Å². The standard InChI is InChI=1S/C18H28N2O4/c1-7-13-11-12-15(20(5)17(22)24-18(2,3)4)14(19-13)9-8-10-16(21)23-6/h8-9,11-13,19H,7,10H2,1-6H3/b9-8+. The second-order valence-electron chi connectivity index (χ2n) is 6.54. The van der Waals surface area contributed by atoms with Crippen LogP contribution in [-0.2, 0) is 14.3 Å². The molecule has 0 spiro atoms. The monoisotopic (exact) mass is 336 g/mol. The Labute approximate surface area is 144 Å². The van der Waals surface area contributed by atoms with Crippen molar-refractivity contribution in [1.29, 1.82) is 0 Å². The lowest BCUT2D eigenvalue weighted by atomic mass is 10.1. The van der Waals surface area contributed by atoms with E-state index < -0.39 is 11.7 Å². The number of ether oxygens (including phenoxy) is 2. The third kappa shape index (κ3) is 6.10. The van der Waals surface area contributed by atoms with Crippen LogP contribution >= 0.6 is 0 Å². The summed E-state index contributed by atoms with van der Waals surface area (Å²) in [6.07, 6.45) is 8.06.